The van der Waals surface area contributed by atoms with E-state index in [1.54, 1.807) is 25.1 Å². The van der Waals surface area contributed by atoms with Crippen molar-refractivity contribution in [3.63, 3.8) is 0 Å². The first kappa shape index (κ1) is 19.3. The summed E-state index contributed by atoms with van der Waals surface area (Å²) < 4.78 is 13.9. The maximum atomic E-state index is 13.9. The Morgan fingerprint density at radius 3 is 2.39 bits per heavy atom. The molecule has 28 heavy (non-hydrogen) atoms. The van der Waals surface area contributed by atoms with Crippen LogP contribution in [0, 0.1) is 22.9 Å². The molecule has 1 N–H and O–H groups in total. The Hall–Kier alpha value is -3.49. The normalized spacial score (nSPS) is 13.9. The molecule has 3 rings (SSSR count). The first-order chi connectivity index (χ1) is 13.4. The molecule has 1 aliphatic rings. The van der Waals surface area contributed by atoms with Gasteiger partial charge in [0.25, 0.3) is 5.69 Å². The van der Waals surface area contributed by atoms with Gasteiger partial charge in [-0.3, -0.25) is 19.7 Å². The van der Waals surface area contributed by atoms with Gasteiger partial charge in [-0.25, -0.2) is 4.39 Å². The number of hydrogen-bond donors (Lipinski definition) is 1. The van der Waals surface area contributed by atoms with Gasteiger partial charge >= 0.3 is 11.8 Å². The second-order valence-electron chi connectivity index (χ2n) is 6.44. The molecule has 0 saturated carbocycles. The molecular weight excluding hydrogens is 367 g/mol. The lowest BCUT2D eigenvalue weighted by Crippen LogP contribution is -2.51. The Bertz CT molecular complexity index is 926. The van der Waals surface area contributed by atoms with Crippen molar-refractivity contribution in [1.29, 1.82) is 0 Å². The minimum atomic E-state index is -0.809. The lowest BCUT2D eigenvalue weighted by atomic mass is 10.1. The zero-order valence-corrected chi connectivity index (χ0v) is 15.2. The molecule has 1 fully saturated rings. The maximum Gasteiger partial charge on any atom is 0.313 e. The topological polar surface area (TPSA) is 95.8 Å². The minimum absolute atomic E-state index is 0.0916. The number of nitrogens with zero attached hydrogens (tertiary/aromatic N) is 3. The van der Waals surface area contributed by atoms with E-state index in [4.69, 9.17) is 0 Å². The van der Waals surface area contributed by atoms with E-state index in [0.717, 1.165) is 0 Å². The number of halogens is 1. The second-order valence-corrected chi connectivity index (χ2v) is 6.44. The Morgan fingerprint density at radius 2 is 1.79 bits per heavy atom. The Labute approximate surface area is 160 Å². The average molecular weight is 386 g/mol. The van der Waals surface area contributed by atoms with Gasteiger partial charge < -0.3 is 15.1 Å². The van der Waals surface area contributed by atoms with Gasteiger partial charge in [-0.1, -0.05) is 12.1 Å². The summed E-state index contributed by atoms with van der Waals surface area (Å²) in [5, 5.41) is 13.3. The smallest absolute Gasteiger partial charge is 0.313 e. The highest BCUT2D eigenvalue weighted by Crippen LogP contribution is 2.22. The van der Waals surface area contributed by atoms with E-state index in [0.29, 0.717) is 43.1 Å². The van der Waals surface area contributed by atoms with Crippen molar-refractivity contribution in [2.24, 2.45) is 0 Å². The Balaban J connectivity index is 1.60. The molecule has 2 amide bonds. The number of nitro groups is 1. The van der Waals surface area contributed by atoms with Gasteiger partial charge in [-0.05, 0) is 30.7 Å². The molecule has 1 aliphatic heterocycles. The molecule has 146 valence electrons. The molecule has 0 spiro atoms. The van der Waals surface area contributed by atoms with Gasteiger partial charge in [0.05, 0.1) is 10.6 Å². The summed E-state index contributed by atoms with van der Waals surface area (Å²) in [4.78, 5) is 38.2. The van der Waals surface area contributed by atoms with Crippen LogP contribution in [0.5, 0.6) is 0 Å². The summed E-state index contributed by atoms with van der Waals surface area (Å²) in [6.07, 6.45) is 0. The SMILES string of the molecule is Cc1cc([N+](=O)[O-])ccc1NC(=O)C(=O)N1CCN(c2ccccc2F)CC1. The second kappa shape index (κ2) is 8.03. The zero-order valence-electron chi connectivity index (χ0n) is 15.2. The number of anilines is 2. The highest BCUT2D eigenvalue weighted by molar-refractivity contribution is 6.39. The van der Waals surface area contributed by atoms with Gasteiger partial charge in [0.15, 0.2) is 0 Å². The number of non-ortho nitro benzene ring substituents is 1. The van der Waals surface area contributed by atoms with Gasteiger partial charge in [0.1, 0.15) is 5.82 Å². The third kappa shape index (κ3) is 4.08. The van der Waals surface area contributed by atoms with Crippen molar-refractivity contribution < 1.29 is 18.9 Å². The maximum absolute atomic E-state index is 13.9. The number of piperazine rings is 1. The van der Waals surface area contributed by atoms with Crippen molar-refractivity contribution in [3.05, 3.63) is 64.0 Å². The number of para-hydroxylation sites is 1. The molecule has 0 radical (unpaired) electrons. The Morgan fingerprint density at radius 1 is 1.11 bits per heavy atom. The predicted molar refractivity (Wildman–Crippen MR) is 102 cm³/mol. The van der Waals surface area contributed by atoms with Crippen LogP contribution in [0.25, 0.3) is 0 Å². The molecular formula is C19H19FN4O4. The number of rotatable bonds is 3. The van der Waals surface area contributed by atoms with E-state index >= 15 is 0 Å². The van der Waals surface area contributed by atoms with Crippen LogP contribution in [0.3, 0.4) is 0 Å². The fourth-order valence-electron chi connectivity index (χ4n) is 3.08. The minimum Gasteiger partial charge on any atom is -0.366 e. The van der Waals surface area contributed by atoms with Crippen LogP contribution in [0.2, 0.25) is 0 Å². The number of carbonyl (C=O) groups is 2. The molecule has 0 aromatic heterocycles. The van der Waals surface area contributed by atoms with Crippen LogP contribution >= 0.6 is 0 Å². The lowest BCUT2D eigenvalue weighted by molar-refractivity contribution is -0.384. The number of aryl methyl sites for hydroxylation is 1. The van der Waals surface area contributed by atoms with Crippen LogP contribution in [-0.2, 0) is 9.59 Å². The highest BCUT2D eigenvalue weighted by atomic mass is 19.1. The van der Waals surface area contributed by atoms with Gasteiger partial charge in [-0.2, -0.15) is 0 Å². The van der Waals surface area contributed by atoms with Gasteiger partial charge in [-0.15, -0.1) is 0 Å². The lowest BCUT2D eigenvalue weighted by Gasteiger charge is -2.35. The van der Waals surface area contributed by atoms with Crippen molar-refractivity contribution in [2.75, 3.05) is 36.4 Å². The average Bonchev–Trinajstić information content (AvgIpc) is 2.69. The standard InChI is InChI=1S/C19H19FN4O4/c1-13-12-14(24(27)28)6-7-16(13)21-18(25)19(26)23-10-8-22(9-11-23)17-5-3-2-4-15(17)20/h2-7,12H,8-11H2,1H3,(H,21,25). The molecule has 2 aromatic rings. The summed E-state index contributed by atoms with van der Waals surface area (Å²) in [6.45, 7) is 3.02. The summed E-state index contributed by atoms with van der Waals surface area (Å²) >= 11 is 0. The fourth-order valence-corrected chi connectivity index (χ4v) is 3.08. The van der Waals surface area contributed by atoms with Crippen LogP contribution in [-0.4, -0.2) is 47.8 Å². The molecule has 0 aliphatic carbocycles. The summed E-state index contributed by atoms with van der Waals surface area (Å²) in [5.41, 5.74) is 1.21. The molecule has 1 heterocycles. The highest BCUT2D eigenvalue weighted by Gasteiger charge is 2.27. The first-order valence-corrected chi connectivity index (χ1v) is 8.71. The molecule has 0 bridgehead atoms. The number of carbonyl (C=O) groups excluding carboxylic acids is 2. The largest absolute Gasteiger partial charge is 0.366 e. The van der Waals surface area contributed by atoms with Crippen molar-refractivity contribution in [3.8, 4) is 0 Å². The Kier molecular flexibility index (Phi) is 5.53. The van der Waals surface area contributed by atoms with E-state index in [-0.39, 0.29) is 11.5 Å². The first-order valence-electron chi connectivity index (χ1n) is 8.71. The monoisotopic (exact) mass is 386 g/mol. The fraction of sp³-hybridized carbons (Fsp3) is 0.263. The van der Waals surface area contributed by atoms with E-state index in [1.807, 2.05) is 4.90 Å². The number of amides is 2. The van der Waals surface area contributed by atoms with Crippen LogP contribution < -0.4 is 10.2 Å². The van der Waals surface area contributed by atoms with E-state index in [9.17, 15) is 24.1 Å². The molecule has 9 heteroatoms. The molecule has 0 atom stereocenters. The van der Waals surface area contributed by atoms with E-state index in [2.05, 4.69) is 5.32 Å². The predicted octanol–water partition coefficient (Wildman–Crippen LogP) is 2.33. The summed E-state index contributed by atoms with van der Waals surface area (Å²) in [7, 11) is 0. The van der Waals surface area contributed by atoms with Crippen molar-refractivity contribution in [1.82, 2.24) is 4.90 Å². The van der Waals surface area contributed by atoms with Crippen molar-refractivity contribution >= 4 is 28.9 Å². The van der Waals surface area contributed by atoms with Gasteiger partial charge in [0.2, 0.25) is 0 Å². The van der Waals surface area contributed by atoms with Crippen molar-refractivity contribution in [2.45, 2.75) is 6.92 Å². The zero-order chi connectivity index (χ0) is 20.3. The van der Waals surface area contributed by atoms with Crippen LogP contribution in [0.4, 0.5) is 21.5 Å². The summed E-state index contributed by atoms with van der Waals surface area (Å²) in [5.74, 6) is -1.82. The number of nitro benzene ring substituents is 1. The van der Waals surface area contributed by atoms with E-state index in [1.165, 1.54) is 29.2 Å². The summed E-state index contributed by atoms with van der Waals surface area (Å²) in [6, 6.07) is 10.4. The molecule has 1 saturated heterocycles. The quantitative estimate of drug-likeness (QED) is 0.496. The molecule has 0 unspecified atom stereocenters. The third-order valence-corrected chi connectivity index (χ3v) is 4.62. The van der Waals surface area contributed by atoms with Crippen LogP contribution in [0.15, 0.2) is 42.5 Å². The number of hydrogen-bond acceptors (Lipinski definition) is 5. The van der Waals surface area contributed by atoms with E-state index < -0.39 is 16.7 Å². The molecule has 2 aromatic carbocycles. The van der Waals surface area contributed by atoms with Gasteiger partial charge in [0, 0.05) is 44.0 Å². The third-order valence-electron chi connectivity index (χ3n) is 4.62. The number of benzene rings is 2. The van der Waals surface area contributed by atoms with Crippen LogP contribution in [0.1, 0.15) is 5.56 Å². The number of nitrogens with one attached hydrogen (secondary N) is 1. The molecule has 8 nitrogen and oxygen atoms in total.